The molecule has 3 aromatic rings. The molecule has 0 saturated carbocycles. The van der Waals surface area contributed by atoms with E-state index in [1.807, 2.05) is 19.1 Å². The fourth-order valence-corrected chi connectivity index (χ4v) is 4.02. The van der Waals surface area contributed by atoms with Crippen molar-refractivity contribution >= 4 is 41.1 Å². The van der Waals surface area contributed by atoms with Crippen LogP contribution >= 0.6 is 0 Å². The molecule has 0 fully saturated rings. The summed E-state index contributed by atoms with van der Waals surface area (Å²) in [5, 5.41) is 5.02. The quantitative estimate of drug-likeness (QED) is 0.271. The van der Waals surface area contributed by atoms with Gasteiger partial charge in [0.15, 0.2) is 0 Å². The van der Waals surface area contributed by atoms with Gasteiger partial charge in [-0.15, -0.1) is 0 Å². The lowest BCUT2D eigenvalue weighted by molar-refractivity contribution is -0.136. The fraction of sp³-hybridized carbons (Fsp3) is 0.172. The topological polar surface area (TPSA) is 127 Å². The highest BCUT2D eigenvalue weighted by atomic mass is 16.5. The Hall–Kier alpha value is -5.12. The number of amides is 3. The molecule has 1 aromatic heterocycles. The molecule has 0 aliphatic carbocycles. The molecule has 39 heavy (non-hydrogen) atoms. The van der Waals surface area contributed by atoms with Gasteiger partial charge in [0.05, 0.1) is 37.6 Å². The SMILES string of the molecule is COC(=O)C1=C(C)N(c2cccc(OC)c2)C(=O)/C1=C/c1ccc(CNC(=O)C(=O)Nc2ccc(C)cc2)o1. The zero-order valence-corrected chi connectivity index (χ0v) is 21.9. The zero-order valence-electron chi connectivity index (χ0n) is 21.9. The lowest BCUT2D eigenvalue weighted by Gasteiger charge is -2.18. The fourth-order valence-electron chi connectivity index (χ4n) is 4.02. The number of benzene rings is 2. The van der Waals surface area contributed by atoms with Crippen molar-refractivity contribution in [3.8, 4) is 5.75 Å². The van der Waals surface area contributed by atoms with Crippen molar-refractivity contribution in [2.75, 3.05) is 24.4 Å². The smallest absolute Gasteiger partial charge is 0.340 e. The van der Waals surface area contributed by atoms with Crippen LogP contribution < -0.4 is 20.3 Å². The first-order valence-corrected chi connectivity index (χ1v) is 12.0. The van der Waals surface area contributed by atoms with Crippen molar-refractivity contribution in [3.05, 3.63) is 94.6 Å². The van der Waals surface area contributed by atoms with Crippen molar-refractivity contribution in [2.45, 2.75) is 20.4 Å². The van der Waals surface area contributed by atoms with Gasteiger partial charge in [-0.1, -0.05) is 23.8 Å². The van der Waals surface area contributed by atoms with Crippen LogP contribution in [0.5, 0.6) is 5.75 Å². The number of nitrogens with zero attached hydrogens (tertiary/aromatic N) is 1. The predicted octanol–water partition coefficient (Wildman–Crippen LogP) is 3.73. The number of nitrogens with one attached hydrogen (secondary N) is 2. The molecule has 200 valence electrons. The number of carbonyl (C=O) groups is 4. The molecule has 2 N–H and O–H groups in total. The first kappa shape index (κ1) is 26.9. The molecule has 0 unspecified atom stereocenters. The summed E-state index contributed by atoms with van der Waals surface area (Å²) in [5.41, 5.74) is 2.63. The Kier molecular flexibility index (Phi) is 7.95. The van der Waals surface area contributed by atoms with Crippen LogP contribution in [0, 0.1) is 6.92 Å². The number of methoxy groups -OCH3 is 2. The number of hydrogen-bond donors (Lipinski definition) is 2. The Morgan fingerprint density at radius 3 is 2.41 bits per heavy atom. The van der Waals surface area contributed by atoms with Crippen LogP contribution in [0.2, 0.25) is 0 Å². The summed E-state index contributed by atoms with van der Waals surface area (Å²) in [4.78, 5) is 51.9. The molecule has 0 saturated heterocycles. The van der Waals surface area contributed by atoms with Crippen molar-refractivity contribution in [1.82, 2.24) is 5.32 Å². The van der Waals surface area contributed by atoms with E-state index in [9.17, 15) is 19.2 Å². The third-order valence-electron chi connectivity index (χ3n) is 6.01. The molecule has 2 aromatic carbocycles. The van der Waals surface area contributed by atoms with Crippen LogP contribution in [-0.4, -0.2) is 37.9 Å². The van der Waals surface area contributed by atoms with Crippen molar-refractivity contribution < 1.29 is 33.1 Å². The van der Waals surface area contributed by atoms with E-state index < -0.39 is 23.7 Å². The van der Waals surface area contributed by atoms with Crippen LogP contribution in [0.3, 0.4) is 0 Å². The first-order chi connectivity index (χ1) is 18.7. The van der Waals surface area contributed by atoms with Crippen molar-refractivity contribution in [2.24, 2.45) is 0 Å². The van der Waals surface area contributed by atoms with E-state index in [0.717, 1.165) is 5.56 Å². The van der Waals surface area contributed by atoms with E-state index in [2.05, 4.69) is 10.6 Å². The second kappa shape index (κ2) is 11.5. The normalized spacial score (nSPS) is 14.0. The van der Waals surface area contributed by atoms with Gasteiger partial charge in [0, 0.05) is 17.5 Å². The molecule has 2 heterocycles. The Bertz CT molecular complexity index is 1500. The summed E-state index contributed by atoms with van der Waals surface area (Å²) in [6, 6.07) is 17.1. The van der Waals surface area contributed by atoms with Gasteiger partial charge in [-0.3, -0.25) is 19.3 Å². The minimum absolute atomic E-state index is 0.0636. The molecule has 0 bridgehead atoms. The molecule has 0 radical (unpaired) electrons. The Morgan fingerprint density at radius 2 is 1.72 bits per heavy atom. The number of esters is 1. The first-order valence-electron chi connectivity index (χ1n) is 12.0. The van der Waals surface area contributed by atoms with Gasteiger partial charge in [0.25, 0.3) is 5.91 Å². The molecule has 10 heteroatoms. The van der Waals surface area contributed by atoms with E-state index in [4.69, 9.17) is 13.9 Å². The monoisotopic (exact) mass is 529 g/mol. The van der Waals surface area contributed by atoms with Crippen LogP contribution in [0.1, 0.15) is 24.0 Å². The van der Waals surface area contributed by atoms with E-state index in [0.29, 0.717) is 28.6 Å². The predicted molar refractivity (Wildman–Crippen MR) is 144 cm³/mol. The Balaban J connectivity index is 1.50. The van der Waals surface area contributed by atoms with Gasteiger partial charge >= 0.3 is 17.8 Å². The van der Waals surface area contributed by atoms with Gasteiger partial charge < -0.3 is 24.5 Å². The summed E-state index contributed by atoms with van der Waals surface area (Å²) in [7, 11) is 2.76. The molecule has 3 amide bonds. The van der Waals surface area contributed by atoms with Crippen molar-refractivity contribution in [1.29, 1.82) is 0 Å². The number of aryl methyl sites for hydroxylation is 1. The van der Waals surface area contributed by atoms with Crippen LogP contribution in [-0.2, 0) is 30.5 Å². The third kappa shape index (κ3) is 5.90. The number of allylic oxidation sites excluding steroid dienone is 1. The van der Waals surface area contributed by atoms with Crippen LogP contribution in [0.4, 0.5) is 11.4 Å². The molecule has 10 nitrogen and oxygen atoms in total. The van der Waals surface area contributed by atoms with Gasteiger partial charge in [-0.05, 0) is 56.3 Å². The van der Waals surface area contributed by atoms with Gasteiger partial charge in [-0.25, -0.2) is 4.79 Å². The van der Waals surface area contributed by atoms with Gasteiger partial charge in [0.2, 0.25) is 0 Å². The van der Waals surface area contributed by atoms with E-state index in [-0.39, 0.29) is 23.5 Å². The summed E-state index contributed by atoms with van der Waals surface area (Å²) in [6.07, 6.45) is 1.44. The van der Waals surface area contributed by atoms with E-state index in [1.54, 1.807) is 55.5 Å². The van der Waals surface area contributed by atoms with Gasteiger partial charge in [0.1, 0.15) is 17.3 Å². The summed E-state index contributed by atoms with van der Waals surface area (Å²) in [6.45, 7) is 3.50. The molecule has 1 aliphatic rings. The number of hydrogen-bond acceptors (Lipinski definition) is 7. The average molecular weight is 530 g/mol. The number of furan rings is 1. The average Bonchev–Trinajstić information content (AvgIpc) is 3.49. The molecule has 1 aliphatic heterocycles. The third-order valence-corrected chi connectivity index (χ3v) is 6.01. The number of rotatable bonds is 7. The van der Waals surface area contributed by atoms with Crippen LogP contribution in [0.25, 0.3) is 6.08 Å². The number of anilines is 2. The lowest BCUT2D eigenvalue weighted by Crippen LogP contribution is -2.34. The minimum atomic E-state index is -0.835. The van der Waals surface area contributed by atoms with Crippen molar-refractivity contribution in [3.63, 3.8) is 0 Å². The number of carbonyl (C=O) groups excluding carboxylic acids is 4. The maximum absolute atomic E-state index is 13.4. The Morgan fingerprint density at radius 1 is 0.974 bits per heavy atom. The molecular formula is C29H27N3O7. The minimum Gasteiger partial charge on any atom is -0.497 e. The molecular weight excluding hydrogens is 502 g/mol. The van der Waals surface area contributed by atoms with E-state index >= 15 is 0 Å². The van der Waals surface area contributed by atoms with Gasteiger partial charge in [-0.2, -0.15) is 0 Å². The number of ether oxygens (including phenoxy) is 2. The highest BCUT2D eigenvalue weighted by Gasteiger charge is 2.38. The maximum atomic E-state index is 13.4. The largest absolute Gasteiger partial charge is 0.497 e. The summed E-state index contributed by atoms with van der Waals surface area (Å²) in [5.74, 6) is -1.60. The van der Waals surface area contributed by atoms with E-state index in [1.165, 1.54) is 25.2 Å². The molecule has 4 rings (SSSR count). The lowest BCUT2D eigenvalue weighted by atomic mass is 10.1. The summed E-state index contributed by atoms with van der Waals surface area (Å²) < 4.78 is 15.9. The zero-order chi connectivity index (χ0) is 28.1. The highest BCUT2D eigenvalue weighted by Crippen LogP contribution is 2.36. The second-order valence-electron chi connectivity index (χ2n) is 8.66. The maximum Gasteiger partial charge on any atom is 0.340 e. The Labute approximate surface area is 224 Å². The molecule has 0 atom stereocenters. The molecule has 0 spiro atoms. The second-order valence-corrected chi connectivity index (χ2v) is 8.66. The van der Waals surface area contributed by atoms with Crippen LogP contribution in [0.15, 0.2) is 81.9 Å². The highest BCUT2D eigenvalue weighted by molar-refractivity contribution is 6.39. The standard InChI is InChI=1S/C29H27N3O7/c1-17-8-10-19(11-9-17)31-27(34)26(33)30-16-23-13-12-22(39-23)15-24-25(29(36)38-4)18(2)32(28(24)35)20-6-5-7-21(14-20)37-3/h5-15H,16H2,1-4H3,(H,30,33)(H,31,34)/b24-15+. The summed E-state index contributed by atoms with van der Waals surface area (Å²) >= 11 is 0.